The van der Waals surface area contributed by atoms with E-state index in [2.05, 4.69) is 11.2 Å². The third-order valence-corrected chi connectivity index (χ3v) is 1.44. The molecular formula is C8H11NO. The molecule has 0 saturated heterocycles. The van der Waals surface area contributed by atoms with E-state index in [4.69, 9.17) is 6.42 Å². The number of carbonyl (C=O) groups is 1. The average Bonchev–Trinajstić information content (AvgIpc) is 2.67. The van der Waals surface area contributed by atoms with Gasteiger partial charge in [-0.3, -0.25) is 4.79 Å². The Labute approximate surface area is 61.0 Å². The lowest BCUT2D eigenvalue weighted by Crippen LogP contribution is -2.24. The predicted octanol–water partition coefficient (Wildman–Crippen LogP) is 0.678. The molecule has 1 rings (SSSR count). The second-order valence-corrected chi connectivity index (χ2v) is 2.55. The first-order valence-corrected chi connectivity index (χ1v) is 3.56. The molecule has 1 aliphatic rings. The first-order chi connectivity index (χ1) is 4.83. The van der Waals surface area contributed by atoms with E-state index in [0.29, 0.717) is 18.9 Å². The van der Waals surface area contributed by atoms with Gasteiger partial charge in [0.2, 0.25) is 5.91 Å². The molecule has 1 amide bonds. The zero-order valence-electron chi connectivity index (χ0n) is 5.89. The van der Waals surface area contributed by atoms with E-state index in [1.165, 1.54) is 0 Å². The summed E-state index contributed by atoms with van der Waals surface area (Å²) in [5.41, 5.74) is 0. The average molecular weight is 137 g/mol. The Morgan fingerprint density at radius 2 is 2.40 bits per heavy atom. The summed E-state index contributed by atoms with van der Waals surface area (Å²) >= 11 is 0. The number of hydrogen-bond acceptors (Lipinski definition) is 1. The van der Waals surface area contributed by atoms with Gasteiger partial charge in [-0.15, -0.1) is 12.3 Å². The number of nitrogens with one attached hydrogen (secondary N) is 1. The smallest absolute Gasteiger partial charge is 0.221 e. The lowest BCUT2D eigenvalue weighted by atomic mass is 10.3. The molecule has 0 heterocycles. The van der Waals surface area contributed by atoms with Gasteiger partial charge in [0.15, 0.2) is 0 Å². The van der Waals surface area contributed by atoms with Crippen LogP contribution in [0.1, 0.15) is 25.7 Å². The molecule has 2 heteroatoms. The fraction of sp³-hybridized carbons (Fsp3) is 0.625. The van der Waals surface area contributed by atoms with Crippen LogP contribution in [0.2, 0.25) is 0 Å². The zero-order chi connectivity index (χ0) is 7.40. The Morgan fingerprint density at radius 1 is 1.70 bits per heavy atom. The Balaban J connectivity index is 2.03. The van der Waals surface area contributed by atoms with Crippen molar-refractivity contribution in [3.05, 3.63) is 0 Å². The second-order valence-electron chi connectivity index (χ2n) is 2.55. The molecule has 10 heavy (non-hydrogen) atoms. The van der Waals surface area contributed by atoms with Crippen molar-refractivity contribution in [3.63, 3.8) is 0 Å². The summed E-state index contributed by atoms with van der Waals surface area (Å²) in [4.78, 5) is 10.8. The highest BCUT2D eigenvalue weighted by molar-refractivity contribution is 5.76. The molecule has 0 spiro atoms. The van der Waals surface area contributed by atoms with Crippen molar-refractivity contribution in [3.8, 4) is 12.3 Å². The van der Waals surface area contributed by atoms with Gasteiger partial charge in [0, 0.05) is 18.9 Å². The lowest BCUT2D eigenvalue weighted by molar-refractivity contribution is -0.121. The van der Waals surface area contributed by atoms with Gasteiger partial charge in [0.05, 0.1) is 0 Å². The van der Waals surface area contributed by atoms with E-state index >= 15 is 0 Å². The summed E-state index contributed by atoms with van der Waals surface area (Å²) in [6, 6.07) is 0.463. The van der Waals surface area contributed by atoms with Crippen molar-refractivity contribution in [2.24, 2.45) is 0 Å². The van der Waals surface area contributed by atoms with Crippen molar-refractivity contribution in [2.45, 2.75) is 31.7 Å². The molecule has 0 unspecified atom stereocenters. The molecule has 1 saturated carbocycles. The van der Waals surface area contributed by atoms with Crippen molar-refractivity contribution in [1.82, 2.24) is 5.32 Å². The molecule has 54 valence electrons. The van der Waals surface area contributed by atoms with Crippen LogP contribution in [-0.4, -0.2) is 11.9 Å². The second kappa shape index (κ2) is 3.26. The molecule has 0 atom stereocenters. The van der Waals surface area contributed by atoms with Gasteiger partial charge in [0.1, 0.15) is 0 Å². The Morgan fingerprint density at radius 3 is 2.90 bits per heavy atom. The highest BCUT2D eigenvalue weighted by Gasteiger charge is 2.22. The van der Waals surface area contributed by atoms with Crippen LogP contribution < -0.4 is 5.32 Å². The maximum Gasteiger partial charge on any atom is 0.221 e. The summed E-state index contributed by atoms with van der Waals surface area (Å²) < 4.78 is 0. The largest absolute Gasteiger partial charge is 0.353 e. The standard InChI is InChI=1S/C8H11NO/c1-2-3-4-8(10)9-7-5-6-7/h1,7H,3-6H2,(H,9,10). The third-order valence-electron chi connectivity index (χ3n) is 1.44. The molecule has 0 radical (unpaired) electrons. The van der Waals surface area contributed by atoms with Gasteiger partial charge < -0.3 is 5.32 Å². The first-order valence-electron chi connectivity index (χ1n) is 3.56. The Hall–Kier alpha value is -0.970. The SMILES string of the molecule is C#CCCC(=O)NC1CC1. The number of amides is 1. The monoisotopic (exact) mass is 137 g/mol. The fourth-order valence-electron chi connectivity index (χ4n) is 0.713. The summed E-state index contributed by atoms with van der Waals surface area (Å²) in [6.07, 6.45) is 8.31. The van der Waals surface area contributed by atoms with Gasteiger partial charge in [0.25, 0.3) is 0 Å². The van der Waals surface area contributed by atoms with Gasteiger partial charge in [-0.1, -0.05) is 0 Å². The zero-order valence-corrected chi connectivity index (χ0v) is 5.89. The Kier molecular flexibility index (Phi) is 2.33. The van der Waals surface area contributed by atoms with Crippen LogP contribution in [0.3, 0.4) is 0 Å². The molecule has 1 fully saturated rings. The van der Waals surface area contributed by atoms with E-state index in [1.807, 2.05) is 0 Å². The van der Waals surface area contributed by atoms with Crippen molar-refractivity contribution in [1.29, 1.82) is 0 Å². The maximum absolute atomic E-state index is 10.8. The summed E-state index contributed by atoms with van der Waals surface area (Å²) in [7, 11) is 0. The minimum absolute atomic E-state index is 0.0976. The highest BCUT2D eigenvalue weighted by atomic mass is 16.1. The van der Waals surface area contributed by atoms with Gasteiger partial charge in [-0.25, -0.2) is 0 Å². The van der Waals surface area contributed by atoms with Gasteiger partial charge in [-0.2, -0.15) is 0 Å². The number of terminal acetylenes is 1. The van der Waals surface area contributed by atoms with E-state index in [1.54, 1.807) is 0 Å². The molecule has 0 bridgehead atoms. The molecule has 1 N–H and O–H groups in total. The summed E-state index contributed by atoms with van der Waals surface area (Å²) in [6.45, 7) is 0. The molecule has 1 aliphatic carbocycles. The molecule has 0 aromatic rings. The number of rotatable bonds is 3. The minimum Gasteiger partial charge on any atom is -0.353 e. The van der Waals surface area contributed by atoms with Crippen LogP contribution >= 0.6 is 0 Å². The van der Waals surface area contributed by atoms with Crippen LogP contribution in [0.25, 0.3) is 0 Å². The number of hydrogen-bond donors (Lipinski definition) is 1. The predicted molar refractivity (Wildman–Crippen MR) is 39.2 cm³/mol. The van der Waals surface area contributed by atoms with Crippen LogP contribution in [0.4, 0.5) is 0 Å². The third kappa shape index (κ3) is 2.54. The fourth-order valence-corrected chi connectivity index (χ4v) is 0.713. The summed E-state index contributed by atoms with van der Waals surface area (Å²) in [5.74, 6) is 2.53. The van der Waals surface area contributed by atoms with E-state index in [0.717, 1.165) is 12.8 Å². The normalized spacial score (nSPS) is 15.9. The lowest BCUT2D eigenvalue weighted by Gasteiger charge is -1.98. The summed E-state index contributed by atoms with van der Waals surface area (Å²) in [5, 5.41) is 2.85. The van der Waals surface area contributed by atoms with Crippen molar-refractivity contribution in [2.75, 3.05) is 0 Å². The number of carbonyl (C=O) groups excluding carboxylic acids is 1. The van der Waals surface area contributed by atoms with Gasteiger partial charge in [-0.05, 0) is 12.8 Å². The molecule has 2 nitrogen and oxygen atoms in total. The quantitative estimate of drug-likeness (QED) is 0.569. The van der Waals surface area contributed by atoms with Crippen LogP contribution in [0, 0.1) is 12.3 Å². The minimum atomic E-state index is 0.0976. The van der Waals surface area contributed by atoms with Crippen LogP contribution in [0.5, 0.6) is 0 Å². The maximum atomic E-state index is 10.8. The molecule has 0 aromatic heterocycles. The topological polar surface area (TPSA) is 29.1 Å². The van der Waals surface area contributed by atoms with E-state index in [-0.39, 0.29) is 5.91 Å². The molecular weight excluding hydrogens is 126 g/mol. The van der Waals surface area contributed by atoms with Gasteiger partial charge >= 0.3 is 0 Å². The highest BCUT2D eigenvalue weighted by Crippen LogP contribution is 2.18. The van der Waals surface area contributed by atoms with E-state index < -0.39 is 0 Å². The van der Waals surface area contributed by atoms with Crippen LogP contribution in [0.15, 0.2) is 0 Å². The van der Waals surface area contributed by atoms with Crippen molar-refractivity contribution < 1.29 is 4.79 Å². The first kappa shape index (κ1) is 7.14. The van der Waals surface area contributed by atoms with Crippen molar-refractivity contribution >= 4 is 5.91 Å². The Bertz CT molecular complexity index is 165. The van der Waals surface area contributed by atoms with E-state index in [9.17, 15) is 4.79 Å². The molecule has 0 aromatic carbocycles. The van der Waals surface area contributed by atoms with Crippen LogP contribution in [-0.2, 0) is 4.79 Å². The molecule has 0 aliphatic heterocycles.